The summed E-state index contributed by atoms with van der Waals surface area (Å²) in [4.78, 5) is 13.9. The average Bonchev–Trinajstić information content (AvgIpc) is 3.05. The van der Waals surface area contributed by atoms with Crippen molar-refractivity contribution in [2.24, 2.45) is 0 Å². The van der Waals surface area contributed by atoms with Crippen molar-refractivity contribution >= 4 is 16.4 Å². The number of carbonyl (C=O) groups excluding carboxylic acids is 1. The fourth-order valence-electron chi connectivity index (χ4n) is 3.89. The van der Waals surface area contributed by atoms with Gasteiger partial charge in [-0.05, 0) is 69.2 Å². The Hall–Kier alpha value is -2.59. The highest BCUT2D eigenvalue weighted by molar-refractivity contribution is 7.37. The molecule has 4 heteroatoms. The number of benzene rings is 2. The van der Waals surface area contributed by atoms with Gasteiger partial charge in [0.1, 0.15) is 22.1 Å². The molecule has 0 aliphatic carbocycles. The Morgan fingerprint density at radius 3 is 1.76 bits per heavy atom. The summed E-state index contributed by atoms with van der Waals surface area (Å²) in [6, 6.07) is 12.6. The summed E-state index contributed by atoms with van der Waals surface area (Å²) in [7, 11) is -0.00582. The molecular formula is C29H37O3S+. The molecule has 0 amide bonds. The van der Waals surface area contributed by atoms with E-state index in [2.05, 4.69) is 69.6 Å². The van der Waals surface area contributed by atoms with Crippen molar-refractivity contribution in [2.45, 2.75) is 73.3 Å². The van der Waals surface area contributed by atoms with Crippen molar-refractivity contribution < 1.29 is 14.3 Å². The van der Waals surface area contributed by atoms with Crippen LogP contribution >= 0.6 is 10.5 Å². The molecule has 176 valence electrons. The summed E-state index contributed by atoms with van der Waals surface area (Å²) in [6.07, 6.45) is 0. The maximum Gasteiger partial charge on any atom is 0.345 e. The monoisotopic (exact) mass is 465 g/mol. The highest BCUT2D eigenvalue weighted by atomic mass is 32.2. The molecule has 1 heterocycles. The Labute approximate surface area is 201 Å². The van der Waals surface area contributed by atoms with Gasteiger partial charge in [0.2, 0.25) is 0 Å². The lowest BCUT2D eigenvalue weighted by molar-refractivity contribution is -0.159. The maximum atomic E-state index is 12.6. The van der Waals surface area contributed by atoms with E-state index in [1.807, 2.05) is 39.8 Å². The van der Waals surface area contributed by atoms with Gasteiger partial charge in [0, 0.05) is 33.7 Å². The van der Waals surface area contributed by atoms with Crippen LogP contribution in [0.4, 0.5) is 0 Å². The molecule has 0 unspecified atom stereocenters. The third-order valence-corrected chi connectivity index (χ3v) is 8.08. The van der Waals surface area contributed by atoms with E-state index < -0.39 is 5.60 Å². The Morgan fingerprint density at radius 2 is 1.27 bits per heavy atom. The first-order valence-corrected chi connectivity index (χ1v) is 12.8. The van der Waals surface area contributed by atoms with Gasteiger partial charge in [0.25, 0.3) is 0 Å². The number of esters is 1. The minimum absolute atomic E-state index is 0.00582. The molecule has 1 aromatic heterocycles. The predicted molar refractivity (Wildman–Crippen MR) is 139 cm³/mol. The number of hydrogen-bond donors (Lipinski definition) is 0. The quantitative estimate of drug-likeness (QED) is 0.275. The molecule has 0 fully saturated rings. The SMILES string of the molecule is Cc1c[s+](-c2cc(C)c(OCC(=O)OC(C)(C)c3ccc(C(C)(C)C)cc3)c(C)c2)cc1C. The van der Waals surface area contributed by atoms with Gasteiger partial charge in [-0.15, -0.1) is 0 Å². The summed E-state index contributed by atoms with van der Waals surface area (Å²) in [5, 5.41) is 4.63. The van der Waals surface area contributed by atoms with E-state index in [-0.39, 0.29) is 28.5 Å². The number of ether oxygens (including phenoxy) is 2. The second-order valence-corrected chi connectivity index (χ2v) is 12.1. The van der Waals surface area contributed by atoms with Gasteiger partial charge in [-0.2, -0.15) is 0 Å². The lowest BCUT2D eigenvalue weighted by Crippen LogP contribution is -2.29. The maximum absolute atomic E-state index is 12.6. The first-order chi connectivity index (χ1) is 15.3. The van der Waals surface area contributed by atoms with Gasteiger partial charge in [0.05, 0.1) is 0 Å². The van der Waals surface area contributed by atoms with Crippen LogP contribution in [0.5, 0.6) is 5.75 Å². The second kappa shape index (κ2) is 9.34. The number of aryl methyl sites for hydroxylation is 4. The number of rotatable bonds is 6. The van der Waals surface area contributed by atoms with E-state index in [0.717, 1.165) is 22.4 Å². The van der Waals surface area contributed by atoms with Gasteiger partial charge in [-0.1, -0.05) is 45.0 Å². The third-order valence-electron chi connectivity index (χ3n) is 6.08. The Morgan fingerprint density at radius 1 is 0.788 bits per heavy atom. The highest BCUT2D eigenvalue weighted by Crippen LogP contribution is 2.38. The zero-order valence-electron chi connectivity index (χ0n) is 21.5. The fourth-order valence-corrected chi connectivity index (χ4v) is 5.99. The first kappa shape index (κ1) is 25.0. The van der Waals surface area contributed by atoms with Crippen molar-refractivity contribution in [3.63, 3.8) is 0 Å². The molecule has 0 N–H and O–H groups in total. The van der Waals surface area contributed by atoms with Crippen LogP contribution in [0.25, 0.3) is 4.90 Å². The summed E-state index contributed by atoms with van der Waals surface area (Å²) in [5.41, 5.74) is 6.31. The van der Waals surface area contributed by atoms with E-state index in [1.165, 1.54) is 21.6 Å². The number of hydrogen-bond acceptors (Lipinski definition) is 3. The average molecular weight is 466 g/mol. The summed E-state index contributed by atoms with van der Waals surface area (Å²) >= 11 is 0. The Kier molecular flexibility index (Phi) is 7.09. The van der Waals surface area contributed by atoms with Crippen LogP contribution in [0.3, 0.4) is 0 Å². The zero-order valence-corrected chi connectivity index (χ0v) is 22.3. The zero-order chi connectivity index (χ0) is 24.6. The molecule has 0 aliphatic rings. The van der Waals surface area contributed by atoms with Crippen molar-refractivity contribution in [1.29, 1.82) is 0 Å². The standard InChI is InChI=1S/C29H37O3S/c1-19-14-25(33-17-21(3)22(4)18-33)15-20(2)27(19)31-16-26(30)32-29(8,9)24-12-10-23(11-13-24)28(5,6)7/h10-15,17-18H,16H2,1-9H3/q+1. The summed E-state index contributed by atoms with van der Waals surface area (Å²) < 4.78 is 11.7. The van der Waals surface area contributed by atoms with Crippen LogP contribution in [-0.2, 0) is 20.5 Å². The van der Waals surface area contributed by atoms with Crippen LogP contribution in [0.15, 0.2) is 47.2 Å². The van der Waals surface area contributed by atoms with E-state index in [4.69, 9.17) is 9.47 Å². The van der Waals surface area contributed by atoms with Crippen molar-refractivity contribution in [1.82, 2.24) is 0 Å². The van der Waals surface area contributed by atoms with Gasteiger partial charge < -0.3 is 9.47 Å². The minimum Gasteiger partial charge on any atom is -0.481 e. The lowest BCUT2D eigenvalue weighted by Gasteiger charge is -2.27. The van der Waals surface area contributed by atoms with Crippen LogP contribution in [-0.4, -0.2) is 12.6 Å². The van der Waals surface area contributed by atoms with Crippen LogP contribution in [0.2, 0.25) is 0 Å². The van der Waals surface area contributed by atoms with E-state index in [9.17, 15) is 4.79 Å². The van der Waals surface area contributed by atoms with Crippen LogP contribution < -0.4 is 4.74 Å². The molecule has 3 nitrogen and oxygen atoms in total. The molecule has 2 aromatic carbocycles. The summed E-state index contributed by atoms with van der Waals surface area (Å²) in [5.74, 6) is 0.379. The number of carbonyl (C=O) groups is 1. The molecule has 0 bridgehead atoms. The van der Waals surface area contributed by atoms with Crippen molar-refractivity contribution in [3.8, 4) is 10.6 Å². The van der Waals surface area contributed by atoms with Crippen molar-refractivity contribution in [3.05, 3.63) is 80.5 Å². The number of thiophene rings is 1. The predicted octanol–water partition coefficient (Wildman–Crippen LogP) is 7.81. The van der Waals surface area contributed by atoms with E-state index >= 15 is 0 Å². The topological polar surface area (TPSA) is 35.5 Å². The first-order valence-electron chi connectivity index (χ1n) is 11.4. The second-order valence-electron chi connectivity index (χ2n) is 10.5. The molecule has 33 heavy (non-hydrogen) atoms. The molecule has 3 rings (SSSR count). The lowest BCUT2D eigenvalue weighted by atomic mass is 9.85. The summed E-state index contributed by atoms with van der Waals surface area (Å²) in [6.45, 7) is 18.6. The molecule has 0 spiro atoms. The fraction of sp³-hybridized carbons (Fsp3) is 0.414. The van der Waals surface area contributed by atoms with Gasteiger partial charge in [-0.25, -0.2) is 4.79 Å². The highest BCUT2D eigenvalue weighted by Gasteiger charge is 2.27. The third kappa shape index (κ3) is 5.86. The molecule has 3 aromatic rings. The minimum atomic E-state index is -0.733. The normalized spacial score (nSPS) is 12.0. The van der Waals surface area contributed by atoms with Crippen LogP contribution in [0.1, 0.15) is 68.0 Å². The van der Waals surface area contributed by atoms with Crippen LogP contribution in [0, 0.1) is 27.7 Å². The van der Waals surface area contributed by atoms with Crippen molar-refractivity contribution in [2.75, 3.05) is 6.61 Å². The molecule has 0 saturated carbocycles. The molecule has 0 atom stereocenters. The molecule has 0 saturated heterocycles. The Bertz CT molecular complexity index is 1100. The van der Waals surface area contributed by atoms with Gasteiger partial charge in [0.15, 0.2) is 11.5 Å². The van der Waals surface area contributed by atoms with E-state index in [0.29, 0.717) is 0 Å². The van der Waals surface area contributed by atoms with Gasteiger partial charge in [-0.3, -0.25) is 0 Å². The largest absolute Gasteiger partial charge is 0.481 e. The molecule has 0 radical (unpaired) electrons. The Balaban J connectivity index is 1.67. The molecule has 0 aliphatic heterocycles. The van der Waals surface area contributed by atoms with Gasteiger partial charge >= 0.3 is 5.97 Å². The van der Waals surface area contributed by atoms with E-state index in [1.54, 1.807) is 0 Å². The molecular weight excluding hydrogens is 428 g/mol. The smallest absolute Gasteiger partial charge is 0.345 e.